The van der Waals surface area contributed by atoms with Gasteiger partial charge in [0, 0.05) is 56.3 Å². The van der Waals surface area contributed by atoms with Gasteiger partial charge >= 0.3 is 0 Å². The Balaban J connectivity index is 1.87. The number of rotatable bonds is 5. The van der Waals surface area contributed by atoms with E-state index in [1.165, 1.54) is 5.56 Å². The van der Waals surface area contributed by atoms with Gasteiger partial charge in [-0.05, 0) is 24.8 Å². The second-order valence-corrected chi connectivity index (χ2v) is 6.59. The molecule has 1 aliphatic heterocycles. The molecule has 0 bridgehead atoms. The van der Waals surface area contributed by atoms with E-state index in [2.05, 4.69) is 29.1 Å². The number of thioether (sulfide) groups is 1. The van der Waals surface area contributed by atoms with E-state index in [-0.39, 0.29) is 5.92 Å². The Bertz CT molecular complexity index is 446. The zero-order chi connectivity index (χ0) is 15.2. The van der Waals surface area contributed by atoms with E-state index >= 15 is 0 Å². The highest BCUT2D eigenvalue weighted by Crippen LogP contribution is 2.21. The van der Waals surface area contributed by atoms with Crippen molar-refractivity contribution in [3.05, 3.63) is 30.1 Å². The molecule has 0 N–H and O–H groups in total. The number of hydrogen-bond donors (Lipinski definition) is 0. The van der Waals surface area contributed by atoms with Gasteiger partial charge in [-0.1, -0.05) is 13.0 Å². The highest BCUT2D eigenvalue weighted by Gasteiger charge is 2.26. The van der Waals surface area contributed by atoms with E-state index in [0.29, 0.717) is 11.9 Å². The van der Waals surface area contributed by atoms with E-state index in [9.17, 15) is 4.79 Å². The first-order valence-electron chi connectivity index (χ1n) is 7.55. The fourth-order valence-electron chi connectivity index (χ4n) is 2.80. The monoisotopic (exact) mass is 307 g/mol. The van der Waals surface area contributed by atoms with Crippen LogP contribution >= 0.6 is 11.8 Å². The Kier molecular flexibility index (Phi) is 6.06. The summed E-state index contributed by atoms with van der Waals surface area (Å²) in [6, 6.07) is 4.46. The Morgan fingerprint density at radius 3 is 2.62 bits per heavy atom. The van der Waals surface area contributed by atoms with Crippen molar-refractivity contribution < 1.29 is 4.79 Å². The molecule has 4 nitrogen and oxygen atoms in total. The van der Waals surface area contributed by atoms with Crippen molar-refractivity contribution in [2.24, 2.45) is 5.92 Å². The maximum atomic E-state index is 12.3. The Hall–Kier alpha value is -1.07. The lowest BCUT2D eigenvalue weighted by Gasteiger charge is -2.39. The van der Waals surface area contributed by atoms with Crippen LogP contribution < -0.4 is 0 Å². The van der Waals surface area contributed by atoms with Crippen LogP contribution in [0, 0.1) is 5.92 Å². The van der Waals surface area contributed by atoms with Gasteiger partial charge in [0.15, 0.2) is 0 Å². The van der Waals surface area contributed by atoms with Gasteiger partial charge in [-0.3, -0.25) is 14.7 Å². The number of pyridine rings is 1. The summed E-state index contributed by atoms with van der Waals surface area (Å²) in [5.74, 6) is 1.34. The van der Waals surface area contributed by atoms with Crippen LogP contribution in [0.15, 0.2) is 24.5 Å². The summed E-state index contributed by atoms with van der Waals surface area (Å²) in [7, 11) is 0. The standard InChI is InChI=1S/C16H25N3OS/c1-13(12-21-3)16(20)19-9-7-18(8-10-19)14(2)15-5-4-6-17-11-15/h4-6,11,13-14H,7-10,12H2,1-3H3/t13-,14+/m0/s1. The topological polar surface area (TPSA) is 36.4 Å². The Labute approximate surface area is 131 Å². The van der Waals surface area contributed by atoms with Crippen molar-refractivity contribution >= 4 is 17.7 Å². The van der Waals surface area contributed by atoms with Crippen molar-refractivity contribution in [2.75, 3.05) is 38.2 Å². The van der Waals surface area contributed by atoms with Gasteiger partial charge in [-0.15, -0.1) is 0 Å². The first-order valence-corrected chi connectivity index (χ1v) is 8.94. The van der Waals surface area contributed by atoms with Crippen LogP contribution in [0.4, 0.5) is 0 Å². The van der Waals surface area contributed by atoms with E-state index in [1.54, 1.807) is 18.0 Å². The van der Waals surface area contributed by atoms with Gasteiger partial charge < -0.3 is 4.90 Å². The second-order valence-electron chi connectivity index (χ2n) is 5.68. The fraction of sp³-hybridized carbons (Fsp3) is 0.625. The predicted molar refractivity (Wildman–Crippen MR) is 88.4 cm³/mol. The number of carbonyl (C=O) groups is 1. The molecule has 5 heteroatoms. The molecule has 21 heavy (non-hydrogen) atoms. The van der Waals surface area contributed by atoms with E-state index in [1.807, 2.05) is 24.1 Å². The molecule has 2 rings (SSSR count). The molecular formula is C16H25N3OS. The average molecular weight is 307 g/mol. The third-order valence-electron chi connectivity index (χ3n) is 4.18. The molecule has 1 aromatic rings. The molecule has 2 heterocycles. The first-order chi connectivity index (χ1) is 10.1. The van der Waals surface area contributed by atoms with Gasteiger partial charge in [-0.25, -0.2) is 0 Å². The van der Waals surface area contributed by atoms with Gasteiger partial charge in [0.05, 0.1) is 0 Å². The minimum atomic E-state index is 0.127. The largest absolute Gasteiger partial charge is 0.340 e. The molecule has 0 aliphatic carbocycles. The Morgan fingerprint density at radius 2 is 2.05 bits per heavy atom. The van der Waals surface area contributed by atoms with Crippen LogP contribution in [0.1, 0.15) is 25.5 Å². The van der Waals surface area contributed by atoms with E-state index < -0.39 is 0 Å². The number of amides is 1. The average Bonchev–Trinajstić information content (AvgIpc) is 2.54. The third-order valence-corrected chi connectivity index (χ3v) is 5.01. The lowest BCUT2D eigenvalue weighted by atomic mass is 10.1. The predicted octanol–water partition coefficient (Wildman–Crippen LogP) is 2.29. The summed E-state index contributed by atoms with van der Waals surface area (Å²) in [5.41, 5.74) is 1.24. The molecule has 0 radical (unpaired) electrons. The van der Waals surface area contributed by atoms with Gasteiger partial charge in [0.1, 0.15) is 0 Å². The summed E-state index contributed by atoms with van der Waals surface area (Å²) in [5, 5.41) is 0. The number of piperazine rings is 1. The third kappa shape index (κ3) is 4.20. The molecule has 1 amide bonds. The van der Waals surface area contributed by atoms with Crippen LogP contribution in [0.5, 0.6) is 0 Å². The van der Waals surface area contributed by atoms with Crippen molar-refractivity contribution in [1.29, 1.82) is 0 Å². The minimum absolute atomic E-state index is 0.127. The SMILES string of the molecule is CSC[C@H](C)C(=O)N1CCN([C@H](C)c2cccnc2)CC1. The zero-order valence-electron chi connectivity index (χ0n) is 13.2. The van der Waals surface area contributed by atoms with Crippen molar-refractivity contribution in [3.63, 3.8) is 0 Å². The van der Waals surface area contributed by atoms with Gasteiger partial charge in [0.2, 0.25) is 5.91 Å². The second kappa shape index (κ2) is 7.80. The molecule has 0 saturated carbocycles. The summed E-state index contributed by atoms with van der Waals surface area (Å²) >= 11 is 1.74. The quantitative estimate of drug-likeness (QED) is 0.836. The molecule has 1 fully saturated rings. The van der Waals surface area contributed by atoms with Gasteiger partial charge in [-0.2, -0.15) is 11.8 Å². The molecule has 2 atom stereocenters. The molecule has 116 valence electrons. The fourth-order valence-corrected chi connectivity index (χ4v) is 3.44. The maximum absolute atomic E-state index is 12.3. The van der Waals surface area contributed by atoms with Crippen LogP contribution in [0.3, 0.4) is 0 Å². The van der Waals surface area contributed by atoms with Crippen molar-refractivity contribution in [1.82, 2.24) is 14.8 Å². The number of hydrogen-bond acceptors (Lipinski definition) is 4. The van der Waals surface area contributed by atoms with E-state index in [0.717, 1.165) is 31.9 Å². The van der Waals surface area contributed by atoms with Crippen LogP contribution in [0.25, 0.3) is 0 Å². The Morgan fingerprint density at radius 1 is 1.33 bits per heavy atom. The normalized spacial score (nSPS) is 19.3. The number of aromatic nitrogens is 1. The smallest absolute Gasteiger partial charge is 0.226 e. The van der Waals surface area contributed by atoms with E-state index in [4.69, 9.17) is 0 Å². The molecular weight excluding hydrogens is 282 g/mol. The highest BCUT2D eigenvalue weighted by molar-refractivity contribution is 7.98. The summed E-state index contributed by atoms with van der Waals surface area (Å²) in [6.07, 6.45) is 5.79. The van der Waals surface area contributed by atoms with Crippen LogP contribution in [0.2, 0.25) is 0 Å². The minimum Gasteiger partial charge on any atom is -0.340 e. The summed E-state index contributed by atoms with van der Waals surface area (Å²) in [6.45, 7) is 7.79. The molecule has 0 unspecified atom stereocenters. The molecule has 0 aromatic carbocycles. The van der Waals surface area contributed by atoms with Crippen molar-refractivity contribution in [2.45, 2.75) is 19.9 Å². The molecule has 1 aromatic heterocycles. The maximum Gasteiger partial charge on any atom is 0.226 e. The molecule has 0 spiro atoms. The van der Waals surface area contributed by atoms with Gasteiger partial charge in [0.25, 0.3) is 0 Å². The zero-order valence-corrected chi connectivity index (χ0v) is 14.0. The molecule has 1 saturated heterocycles. The van der Waals surface area contributed by atoms with Crippen molar-refractivity contribution in [3.8, 4) is 0 Å². The lowest BCUT2D eigenvalue weighted by molar-refractivity contribution is -0.136. The summed E-state index contributed by atoms with van der Waals surface area (Å²) in [4.78, 5) is 21.0. The number of carbonyl (C=O) groups excluding carboxylic acids is 1. The van der Waals surface area contributed by atoms with Crippen LogP contribution in [-0.2, 0) is 4.79 Å². The first kappa shape index (κ1) is 16.3. The molecule has 1 aliphatic rings. The number of nitrogens with zero attached hydrogens (tertiary/aromatic N) is 3. The highest BCUT2D eigenvalue weighted by atomic mass is 32.2. The van der Waals surface area contributed by atoms with Crippen LogP contribution in [-0.4, -0.2) is 58.9 Å². The summed E-state index contributed by atoms with van der Waals surface area (Å²) < 4.78 is 0. The lowest BCUT2D eigenvalue weighted by Crippen LogP contribution is -2.50.